The van der Waals surface area contributed by atoms with Gasteiger partial charge in [0.05, 0.1) is 13.7 Å². The summed E-state index contributed by atoms with van der Waals surface area (Å²) in [5.74, 6) is 1.99. The number of phenols is 2. The standard InChI is InChI=1S/C22H19BrO4/c1-26-16-8-4-14(5-9-16)20-17-10-11-19(25)21(23)22(17)27-12-18(20)13-2-6-15(24)7-3-13/h2-11,18,20,24-25H,12H2,1H3. The average Bonchev–Trinajstić information content (AvgIpc) is 2.71. The molecule has 1 aliphatic rings. The van der Waals surface area contributed by atoms with Crippen LogP contribution in [0.3, 0.4) is 0 Å². The van der Waals surface area contributed by atoms with Crippen LogP contribution in [0.2, 0.25) is 0 Å². The molecule has 0 fully saturated rings. The third kappa shape index (κ3) is 3.23. The van der Waals surface area contributed by atoms with Gasteiger partial charge >= 0.3 is 0 Å². The van der Waals surface area contributed by atoms with E-state index in [4.69, 9.17) is 9.47 Å². The minimum Gasteiger partial charge on any atom is -0.508 e. The van der Waals surface area contributed by atoms with Gasteiger partial charge in [-0.05, 0) is 57.4 Å². The minimum atomic E-state index is 0.0427. The lowest BCUT2D eigenvalue weighted by Crippen LogP contribution is -2.25. The maximum atomic E-state index is 10.0. The fourth-order valence-corrected chi connectivity index (χ4v) is 4.15. The zero-order valence-corrected chi connectivity index (χ0v) is 16.3. The number of fused-ring (bicyclic) bond motifs is 1. The van der Waals surface area contributed by atoms with Crippen molar-refractivity contribution < 1.29 is 19.7 Å². The van der Waals surface area contributed by atoms with Crippen molar-refractivity contribution in [2.24, 2.45) is 0 Å². The highest BCUT2D eigenvalue weighted by Crippen LogP contribution is 2.50. The number of hydrogen-bond donors (Lipinski definition) is 2. The van der Waals surface area contributed by atoms with Crippen molar-refractivity contribution in [2.75, 3.05) is 13.7 Å². The SMILES string of the molecule is COc1ccc(C2c3ccc(O)c(Br)c3OCC2c2ccc(O)cc2)cc1. The molecule has 0 aliphatic carbocycles. The third-order valence-corrected chi connectivity index (χ3v) is 5.81. The van der Waals surface area contributed by atoms with Crippen LogP contribution < -0.4 is 9.47 Å². The molecule has 0 saturated carbocycles. The fourth-order valence-electron chi connectivity index (χ4n) is 3.67. The third-order valence-electron chi connectivity index (χ3n) is 5.05. The lowest BCUT2D eigenvalue weighted by atomic mass is 9.76. The van der Waals surface area contributed by atoms with E-state index >= 15 is 0 Å². The van der Waals surface area contributed by atoms with Crippen LogP contribution in [0.4, 0.5) is 0 Å². The first-order valence-electron chi connectivity index (χ1n) is 8.65. The first-order valence-corrected chi connectivity index (χ1v) is 9.45. The van der Waals surface area contributed by atoms with E-state index in [9.17, 15) is 10.2 Å². The molecular formula is C22H19BrO4. The van der Waals surface area contributed by atoms with Crippen LogP contribution in [0.1, 0.15) is 28.5 Å². The maximum Gasteiger partial charge on any atom is 0.141 e. The van der Waals surface area contributed by atoms with Crippen LogP contribution in [0, 0.1) is 0 Å². The van der Waals surface area contributed by atoms with Crippen LogP contribution in [-0.4, -0.2) is 23.9 Å². The summed E-state index contributed by atoms with van der Waals surface area (Å²) in [6, 6.07) is 18.9. The van der Waals surface area contributed by atoms with E-state index in [1.807, 2.05) is 30.3 Å². The van der Waals surface area contributed by atoms with Crippen molar-refractivity contribution >= 4 is 15.9 Å². The number of methoxy groups -OCH3 is 1. The number of hydrogen-bond acceptors (Lipinski definition) is 4. The largest absolute Gasteiger partial charge is 0.508 e. The van der Waals surface area contributed by atoms with Gasteiger partial charge in [0.15, 0.2) is 0 Å². The maximum absolute atomic E-state index is 10.0. The second-order valence-electron chi connectivity index (χ2n) is 6.58. The molecule has 1 heterocycles. The molecule has 5 heteroatoms. The van der Waals surface area contributed by atoms with Crippen molar-refractivity contribution in [3.8, 4) is 23.0 Å². The summed E-state index contributed by atoms with van der Waals surface area (Å²) in [5, 5.41) is 19.7. The van der Waals surface area contributed by atoms with E-state index < -0.39 is 0 Å². The molecule has 0 amide bonds. The normalized spacial score (nSPS) is 18.4. The van der Waals surface area contributed by atoms with Crippen LogP contribution in [0.25, 0.3) is 0 Å². The Morgan fingerprint density at radius 3 is 2.26 bits per heavy atom. The predicted octanol–water partition coefficient (Wildman–Crippen LogP) is 5.18. The van der Waals surface area contributed by atoms with Crippen molar-refractivity contribution in [1.29, 1.82) is 0 Å². The van der Waals surface area contributed by atoms with E-state index in [0.29, 0.717) is 16.8 Å². The van der Waals surface area contributed by atoms with E-state index in [1.54, 1.807) is 25.3 Å². The summed E-state index contributed by atoms with van der Waals surface area (Å²) in [5.41, 5.74) is 3.23. The monoisotopic (exact) mass is 426 g/mol. The molecule has 2 N–H and O–H groups in total. The van der Waals surface area contributed by atoms with E-state index in [2.05, 4.69) is 28.1 Å². The Morgan fingerprint density at radius 2 is 1.59 bits per heavy atom. The molecule has 0 spiro atoms. The van der Waals surface area contributed by atoms with E-state index in [-0.39, 0.29) is 23.3 Å². The summed E-state index contributed by atoms with van der Waals surface area (Å²) >= 11 is 3.45. The Labute approximate surface area is 166 Å². The molecule has 2 atom stereocenters. The van der Waals surface area contributed by atoms with Crippen LogP contribution in [-0.2, 0) is 0 Å². The van der Waals surface area contributed by atoms with Crippen LogP contribution >= 0.6 is 15.9 Å². The fraction of sp³-hybridized carbons (Fsp3) is 0.182. The van der Waals surface area contributed by atoms with Crippen molar-refractivity contribution in [2.45, 2.75) is 11.8 Å². The van der Waals surface area contributed by atoms with Crippen molar-refractivity contribution in [1.82, 2.24) is 0 Å². The summed E-state index contributed by atoms with van der Waals surface area (Å²) in [4.78, 5) is 0. The van der Waals surface area contributed by atoms with Gasteiger partial charge in [-0.15, -0.1) is 0 Å². The van der Waals surface area contributed by atoms with Crippen LogP contribution in [0.5, 0.6) is 23.0 Å². The molecular weight excluding hydrogens is 408 g/mol. The second kappa shape index (κ2) is 7.16. The van der Waals surface area contributed by atoms with Gasteiger partial charge in [-0.25, -0.2) is 0 Å². The quantitative estimate of drug-likeness (QED) is 0.605. The molecule has 1 aliphatic heterocycles. The highest BCUT2D eigenvalue weighted by molar-refractivity contribution is 9.10. The molecule has 3 aromatic carbocycles. The van der Waals surface area contributed by atoms with Gasteiger partial charge in [0.25, 0.3) is 0 Å². The first-order chi connectivity index (χ1) is 13.1. The highest BCUT2D eigenvalue weighted by atomic mass is 79.9. The number of aromatic hydroxyl groups is 2. The molecule has 4 rings (SSSR count). The predicted molar refractivity (Wildman–Crippen MR) is 107 cm³/mol. The Bertz CT molecular complexity index is 951. The first kappa shape index (κ1) is 17.7. The smallest absolute Gasteiger partial charge is 0.141 e. The number of ether oxygens (including phenoxy) is 2. The number of rotatable bonds is 3. The van der Waals surface area contributed by atoms with Crippen LogP contribution in [0.15, 0.2) is 65.1 Å². The Morgan fingerprint density at radius 1 is 0.926 bits per heavy atom. The molecule has 4 nitrogen and oxygen atoms in total. The van der Waals surface area contributed by atoms with Crippen molar-refractivity contribution in [3.63, 3.8) is 0 Å². The highest BCUT2D eigenvalue weighted by Gasteiger charge is 2.35. The Hall–Kier alpha value is -2.66. The number of phenolic OH excluding ortho intramolecular Hbond substituents is 2. The molecule has 3 aromatic rings. The molecule has 0 saturated heterocycles. The summed E-state index contributed by atoms with van der Waals surface area (Å²) in [7, 11) is 1.65. The average molecular weight is 427 g/mol. The topological polar surface area (TPSA) is 58.9 Å². The minimum absolute atomic E-state index is 0.0427. The number of halogens is 1. The van der Waals surface area contributed by atoms with Gasteiger partial charge in [0, 0.05) is 17.4 Å². The summed E-state index contributed by atoms with van der Waals surface area (Å²) in [6.07, 6.45) is 0. The van der Waals surface area contributed by atoms with Gasteiger partial charge in [-0.1, -0.05) is 30.3 Å². The molecule has 138 valence electrons. The van der Waals surface area contributed by atoms with Gasteiger partial charge in [0.1, 0.15) is 27.5 Å². The molecule has 0 radical (unpaired) electrons. The van der Waals surface area contributed by atoms with Gasteiger partial charge < -0.3 is 19.7 Å². The molecule has 2 unspecified atom stereocenters. The van der Waals surface area contributed by atoms with E-state index in [0.717, 1.165) is 22.4 Å². The lowest BCUT2D eigenvalue weighted by Gasteiger charge is -2.35. The lowest BCUT2D eigenvalue weighted by molar-refractivity contribution is 0.245. The zero-order chi connectivity index (χ0) is 19.0. The van der Waals surface area contributed by atoms with Crippen molar-refractivity contribution in [3.05, 3.63) is 81.8 Å². The van der Waals surface area contributed by atoms with E-state index in [1.165, 1.54) is 0 Å². The second-order valence-corrected chi connectivity index (χ2v) is 7.37. The Balaban J connectivity index is 1.85. The molecule has 0 aromatic heterocycles. The van der Waals surface area contributed by atoms with Gasteiger partial charge in [-0.3, -0.25) is 0 Å². The Kier molecular flexibility index (Phi) is 4.70. The van der Waals surface area contributed by atoms with Gasteiger partial charge in [-0.2, -0.15) is 0 Å². The van der Waals surface area contributed by atoms with Gasteiger partial charge in [0.2, 0.25) is 0 Å². The molecule has 0 bridgehead atoms. The summed E-state index contributed by atoms with van der Waals surface area (Å²) in [6.45, 7) is 0.469. The number of benzene rings is 3. The summed E-state index contributed by atoms with van der Waals surface area (Å²) < 4.78 is 11.9. The molecule has 27 heavy (non-hydrogen) atoms. The zero-order valence-electron chi connectivity index (χ0n) is 14.7.